The molecule has 1 amide bonds. The number of rotatable bonds is 5. The monoisotopic (exact) mass is 323 g/mol. The number of amides is 1. The number of hydrogen-bond donors (Lipinski definition) is 2. The molecule has 0 saturated carbocycles. The van der Waals surface area contributed by atoms with Gasteiger partial charge in [-0.1, -0.05) is 0 Å². The van der Waals surface area contributed by atoms with Gasteiger partial charge in [0, 0.05) is 24.6 Å². The highest BCUT2D eigenvalue weighted by Crippen LogP contribution is 2.30. The first kappa shape index (κ1) is 15.5. The fourth-order valence-corrected chi connectivity index (χ4v) is 4.47. The summed E-state index contributed by atoms with van der Waals surface area (Å²) in [6.07, 6.45) is 4.79. The lowest BCUT2D eigenvalue weighted by atomic mass is 9.86. The number of hydrogen-bond acceptors (Lipinski definition) is 4. The van der Waals surface area contributed by atoms with Crippen molar-refractivity contribution in [2.24, 2.45) is 11.8 Å². The van der Waals surface area contributed by atoms with E-state index in [0.29, 0.717) is 18.1 Å². The number of thiophene rings is 1. The van der Waals surface area contributed by atoms with Crippen LogP contribution in [0.25, 0.3) is 0 Å². The van der Waals surface area contributed by atoms with Crippen LogP contribution in [0.3, 0.4) is 0 Å². The third-order valence-electron chi connectivity index (χ3n) is 4.61. The summed E-state index contributed by atoms with van der Waals surface area (Å²) in [7, 11) is 0. The Hall–Kier alpha value is -1.40. The zero-order valence-electron chi connectivity index (χ0n) is 12.5. The van der Waals surface area contributed by atoms with Gasteiger partial charge in [-0.15, -0.1) is 11.3 Å². The lowest BCUT2D eigenvalue weighted by molar-refractivity contribution is -0.144. The van der Waals surface area contributed by atoms with E-state index in [1.807, 2.05) is 6.07 Å². The van der Waals surface area contributed by atoms with Gasteiger partial charge in [0.25, 0.3) is 5.91 Å². The third kappa shape index (κ3) is 3.33. The molecule has 1 saturated heterocycles. The Morgan fingerprint density at radius 2 is 2.14 bits per heavy atom. The van der Waals surface area contributed by atoms with Crippen LogP contribution in [-0.2, 0) is 22.4 Å². The van der Waals surface area contributed by atoms with Crippen LogP contribution in [0.1, 0.15) is 39.4 Å². The van der Waals surface area contributed by atoms with Gasteiger partial charge in [-0.3, -0.25) is 9.59 Å². The molecule has 120 valence electrons. The molecule has 2 aliphatic rings. The lowest BCUT2D eigenvalue weighted by Gasteiger charge is -2.27. The van der Waals surface area contributed by atoms with Crippen LogP contribution in [0.4, 0.5) is 0 Å². The molecule has 1 fully saturated rings. The van der Waals surface area contributed by atoms with Gasteiger partial charge in [0.15, 0.2) is 0 Å². The first-order valence-electron chi connectivity index (χ1n) is 7.85. The number of aryl methyl sites for hydroxylation is 2. The van der Waals surface area contributed by atoms with E-state index in [9.17, 15) is 14.7 Å². The molecule has 22 heavy (non-hydrogen) atoms. The normalized spacial score (nSPS) is 19.6. The number of carboxylic acids is 1. The highest BCUT2D eigenvalue weighted by molar-refractivity contribution is 7.14. The number of carbonyl (C=O) groups excluding carboxylic acids is 1. The molecule has 5 nitrogen and oxygen atoms in total. The number of carbonyl (C=O) groups is 2. The van der Waals surface area contributed by atoms with Crippen LogP contribution >= 0.6 is 11.3 Å². The van der Waals surface area contributed by atoms with Gasteiger partial charge in [0.05, 0.1) is 10.8 Å². The van der Waals surface area contributed by atoms with Crippen LogP contribution in [-0.4, -0.2) is 36.7 Å². The van der Waals surface area contributed by atoms with Crippen molar-refractivity contribution < 1.29 is 19.4 Å². The number of ether oxygens (including phenoxy) is 1. The van der Waals surface area contributed by atoms with Crippen molar-refractivity contribution in [3.63, 3.8) is 0 Å². The largest absolute Gasteiger partial charge is 0.481 e. The van der Waals surface area contributed by atoms with E-state index >= 15 is 0 Å². The lowest BCUT2D eigenvalue weighted by Crippen LogP contribution is -2.38. The second kappa shape index (κ2) is 6.79. The van der Waals surface area contributed by atoms with E-state index in [4.69, 9.17) is 4.74 Å². The van der Waals surface area contributed by atoms with E-state index in [1.54, 1.807) is 11.3 Å². The van der Waals surface area contributed by atoms with Gasteiger partial charge >= 0.3 is 5.97 Å². The molecule has 1 aromatic rings. The van der Waals surface area contributed by atoms with E-state index < -0.39 is 11.9 Å². The Morgan fingerprint density at radius 3 is 2.82 bits per heavy atom. The van der Waals surface area contributed by atoms with Gasteiger partial charge < -0.3 is 15.2 Å². The van der Waals surface area contributed by atoms with Gasteiger partial charge in [-0.05, 0) is 49.7 Å². The summed E-state index contributed by atoms with van der Waals surface area (Å²) in [4.78, 5) is 25.7. The Morgan fingerprint density at radius 1 is 1.36 bits per heavy atom. The SMILES string of the molecule is O=C(NCC(C(=O)O)C1CCOCC1)c1cc2c(s1)CCC2. The fourth-order valence-electron chi connectivity index (χ4n) is 3.30. The second-order valence-electron chi connectivity index (χ2n) is 6.02. The summed E-state index contributed by atoms with van der Waals surface area (Å²) in [5, 5.41) is 12.2. The van der Waals surface area contributed by atoms with Crippen molar-refractivity contribution >= 4 is 23.2 Å². The number of aliphatic carboxylic acids is 1. The van der Waals surface area contributed by atoms with Crippen LogP contribution in [0.5, 0.6) is 0 Å². The molecule has 0 bridgehead atoms. The molecule has 2 N–H and O–H groups in total. The van der Waals surface area contributed by atoms with E-state index in [2.05, 4.69) is 5.32 Å². The predicted octanol–water partition coefficient (Wildman–Crippen LogP) is 2.09. The minimum absolute atomic E-state index is 0.0832. The number of nitrogens with one attached hydrogen (secondary N) is 1. The van der Waals surface area contributed by atoms with Crippen molar-refractivity contribution in [3.8, 4) is 0 Å². The van der Waals surface area contributed by atoms with Gasteiger partial charge in [-0.25, -0.2) is 0 Å². The van der Waals surface area contributed by atoms with Crippen molar-refractivity contribution in [2.45, 2.75) is 32.1 Å². The standard InChI is InChI=1S/C16H21NO4S/c18-15(14-8-11-2-1-3-13(11)22-14)17-9-12(16(19)20)10-4-6-21-7-5-10/h8,10,12H,1-7,9H2,(H,17,18)(H,19,20). The van der Waals surface area contributed by atoms with Crippen LogP contribution in [0.2, 0.25) is 0 Å². The maximum absolute atomic E-state index is 12.2. The Bertz CT molecular complexity index is 541. The molecule has 1 aromatic heterocycles. The average Bonchev–Trinajstić information content (AvgIpc) is 3.09. The molecular formula is C16H21NO4S. The summed E-state index contributed by atoms with van der Waals surface area (Å²) in [6, 6.07) is 1.96. The molecule has 1 aliphatic heterocycles. The zero-order chi connectivity index (χ0) is 15.5. The maximum atomic E-state index is 12.2. The molecular weight excluding hydrogens is 302 g/mol. The number of carboxylic acid groups (broad SMARTS) is 1. The predicted molar refractivity (Wildman–Crippen MR) is 83.3 cm³/mol. The quantitative estimate of drug-likeness (QED) is 0.870. The smallest absolute Gasteiger partial charge is 0.308 e. The maximum Gasteiger partial charge on any atom is 0.308 e. The summed E-state index contributed by atoms with van der Waals surface area (Å²) < 4.78 is 5.28. The Labute approximate surface area is 133 Å². The van der Waals surface area contributed by atoms with Crippen LogP contribution in [0.15, 0.2) is 6.07 Å². The summed E-state index contributed by atoms with van der Waals surface area (Å²) in [5.74, 6) is -1.42. The van der Waals surface area contributed by atoms with Crippen molar-refractivity contribution in [1.82, 2.24) is 5.32 Å². The van der Waals surface area contributed by atoms with Crippen LogP contribution < -0.4 is 5.32 Å². The molecule has 1 unspecified atom stereocenters. The molecule has 0 aromatic carbocycles. The topological polar surface area (TPSA) is 75.6 Å². The van der Waals surface area contributed by atoms with Crippen molar-refractivity contribution in [3.05, 3.63) is 21.4 Å². The molecule has 1 aliphatic carbocycles. The number of fused-ring (bicyclic) bond motifs is 1. The molecule has 0 radical (unpaired) electrons. The van der Waals surface area contributed by atoms with E-state index in [1.165, 1.54) is 16.9 Å². The first-order valence-corrected chi connectivity index (χ1v) is 8.67. The minimum atomic E-state index is -0.833. The molecule has 3 rings (SSSR count). The minimum Gasteiger partial charge on any atom is -0.481 e. The van der Waals surface area contributed by atoms with Crippen molar-refractivity contribution in [1.29, 1.82) is 0 Å². The highest BCUT2D eigenvalue weighted by Gasteiger charge is 2.30. The zero-order valence-corrected chi connectivity index (χ0v) is 13.3. The van der Waals surface area contributed by atoms with Gasteiger partial charge in [0.1, 0.15) is 0 Å². The summed E-state index contributed by atoms with van der Waals surface area (Å²) in [6.45, 7) is 1.42. The second-order valence-corrected chi connectivity index (χ2v) is 7.15. The molecule has 2 heterocycles. The van der Waals surface area contributed by atoms with Crippen molar-refractivity contribution in [2.75, 3.05) is 19.8 Å². The molecule has 6 heteroatoms. The van der Waals surface area contributed by atoms with Gasteiger partial charge in [-0.2, -0.15) is 0 Å². The summed E-state index contributed by atoms with van der Waals surface area (Å²) in [5.41, 5.74) is 1.29. The van der Waals surface area contributed by atoms with E-state index in [0.717, 1.165) is 25.7 Å². The molecule has 0 spiro atoms. The molecule has 1 atom stereocenters. The third-order valence-corrected chi connectivity index (χ3v) is 5.84. The van der Waals surface area contributed by atoms with Crippen LogP contribution in [0, 0.1) is 11.8 Å². The summed E-state index contributed by atoms with van der Waals surface area (Å²) >= 11 is 1.55. The fraction of sp³-hybridized carbons (Fsp3) is 0.625. The highest BCUT2D eigenvalue weighted by atomic mass is 32.1. The average molecular weight is 323 g/mol. The Kier molecular flexibility index (Phi) is 4.78. The Balaban J connectivity index is 1.58. The van der Waals surface area contributed by atoms with Gasteiger partial charge in [0.2, 0.25) is 0 Å². The first-order chi connectivity index (χ1) is 10.6. The van der Waals surface area contributed by atoms with E-state index in [-0.39, 0.29) is 18.4 Å².